The predicted octanol–water partition coefficient (Wildman–Crippen LogP) is 3.29. The van der Waals surface area contributed by atoms with Gasteiger partial charge in [0.25, 0.3) is 0 Å². The second kappa shape index (κ2) is 8.48. The van der Waals surface area contributed by atoms with E-state index in [1.165, 1.54) is 64.2 Å². The molecule has 3 aliphatic carbocycles. The van der Waals surface area contributed by atoms with Crippen LogP contribution in [0, 0.1) is 0 Å². The fraction of sp³-hybridized carbons (Fsp3) is 0.947. The Balaban J connectivity index is 1.44. The summed E-state index contributed by atoms with van der Waals surface area (Å²) >= 11 is 0. The van der Waals surface area contributed by atoms with Crippen LogP contribution < -0.4 is 10.6 Å². The Morgan fingerprint density at radius 1 is 0.826 bits per heavy atom. The SMILES string of the molecule is CC(=O)NC1CCC(N[C@@H]2CCCC[C@@H]2OC2CCCC2)CC1. The fourth-order valence-electron chi connectivity index (χ4n) is 4.72. The third-order valence-corrected chi connectivity index (χ3v) is 5.96. The molecule has 0 aromatic heterocycles. The van der Waals surface area contributed by atoms with Gasteiger partial charge in [0.15, 0.2) is 0 Å². The Labute approximate surface area is 141 Å². The zero-order valence-electron chi connectivity index (χ0n) is 14.7. The van der Waals surface area contributed by atoms with Crippen molar-refractivity contribution in [2.75, 3.05) is 0 Å². The number of hydrogen-bond donors (Lipinski definition) is 2. The molecule has 23 heavy (non-hydrogen) atoms. The molecule has 4 nitrogen and oxygen atoms in total. The van der Waals surface area contributed by atoms with Gasteiger partial charge in [0.1, 0.15) is 0 Å². The highest BCUT2D eigenvalue weighted by molar-refractivity contribution is 5.73. The number of ether oxygens (including phenoxy) is 1. The average molecular weight is 322 g/mol. The molecule has 0 aliphatic heterocycles. The monoisotopic (exact) mass is 322 g/mol. The van der Waals surface area contributed by atoms with E-state index < -0.39 is 0 Å². The van der Waals surface area contributed by atoms with Gasteiger partial charge < -0.3 is 15.4 Å². The molecule has 1 amide bonds. The van der Waals surface area contributed by atoms with E-state index in [0.29, 0.717) is 30.3 Å². The number of carbonyl (C=O) groups excluding carboxylic acids is 1. The van der Waals surface area contributed by atoms with Crippen LogP contribution in [0.3, 0.4) is 0 Å². The van der Waals surface area contributed by atoms with Gasteiger partial charge in [0.2, 0.25) is 5.91 Å². The van der Waals surface area contributed by atoms with E-state index in [-0.39, 0.29) is 5.91 Å². The Morgan fingerprint density at radius 3 is 2.13 bits per heavy atom. The molecule has 0 aromatic carbocycles. The van der Waals surface area contributed by atoms with Crippen molar-refractivity contribution in [3.8, 4) is 0 Å². The molecule has 3 aliphatic rings. The summed E-state index contributed by atoms with van der Waals surface area (Å²) in [5.74, 6) is 0.110. The summed E-state index contributed by atoms with van der Waals surface area (Å²) in [6, 6.07) is 1.55. The fourth-order valence-corrected chi connectivity index (χ4v) is 4.72. The Hall–Kier alpha value is -0.610. The van der Waals surface area contributed by atoms with Crippen LogP contribution in [-0.4, -0.2) is 36.2 Å². The van der Waals surface area contributed by atoms with Gasteiger partial charge in [-0.15, -0.1) is 0 Å². The molecule has 0 heterocycles. The molecule has 3 fully saturated rings. The van der Waals surface area contributed by atoms with Crippen molar-refractivity contribution in [3.63, 3.8) is 0 Å². The molecule has 0 spiro atoms. The van der Waals surface area contributed by atoms with Crippen molar-refractivity contribution in [1.82, 2.24) is 10.6 Å². The molecule has 0 unspecified atom stereocenters. The minimum atomic E-state index is 0.110. The van der Waals surface area contributed by atoms with Crippen LogP contribution in [0.1, 0.15) is 84.0 Å². The number of hydrogen-bond acceptors (Lipinski definition) is 3. The normalized spacial score (nSPS) is 36.0. The smallest absolute Gasteiger partial charge is 0.217 e. The summed E-state index contributed by atoms with van der Waals surface area (Å²) in [5.41, 5.74) is 0. The van der Waals surface area contributed by atoms with Crippen LogP contribution in [-0.2, 0) is 9.53 Å². The van der Waals surface area contributed by atoms with Crippen molar-refractivity contribution in [3.05, 3.63) is 0 Å². The minimum Gasteiger partial charge on any atom is -0.373 e. The van der Waals surface area contributed by atoms with Crippen LogP contribution >= 0.6 is 0 Å². The molecule has 132 valence electrons. The van der Waals surface area contributed by atoms with Gasteiger partial charge in [-0.25, -0.2) is 0 Å². The van der Waals surface area contributed by atoms with Gasteiger partial charge >= 0.3 is 0 Å². The topological polar surface area (TPSA) is 50.4 Å². The van der Waals surface area contributed by atoms with E-state index in [0.717, 1.165) is 12.8 Å². The molecule has 3 rings (SSSR count). The number of rotatable bonds is 5. The second-order valence-electron chi connectivity index (χ2n) is 7.89. The van der Waals surface area contributed by atoms with Crippen molar-refractivity contribution >= 4 is 5.91 Å². The van der Waals surface area contributed by atoms with Crippen molar-refractivity contribution in [2.45, 2.75) is 114 Å². The summed E-state index contributed by atoms with van der Waals surface area (Å²) in [6.07, 6.45) is 15.9. The number of carbonyl (C=O) groups is 1. The quantitative estimate of drug-likeness (QED) is 0.816. The highest BCUT2D eigenvalue weighted by Crippen LogP contribution is 2.29. The van der Waals surface area contributed by atoms with Gasteiger partial charge in [-0.1, -0.05) is 25.7 Å². The van der Waals surface area contributed by atoms with Crippen molar-refractivity contribution < 1.29 is 9.53 Å². The van der Waals surface area contributed by atoms with E-state index in [9.17, 15) is 4.79 Å². The molecule has 4 heteroatoms. The largest absolute Gasteiger partial charge is 0.373 e. The van der Waals surface area contributed by atoms with Gasteiger partial charge in [0, 0.05) is 25.0 Å². The first-order valence-corrected chi connectivity index (χ1v) is 9.89. The van der Waals surface area contributed by atoms with Crippen LogP contribution in [0.5, 0.6) is 0 Å². The first-order valence-electron chi connectivity index (χ1n) is 9.89. The maximum atomic E-state index is 11.2. The lowest BCUT2D eigenvalue weighted by molar-refractivity contribution is -0.119. The Morgan fingerprint density at radius 2 is 1.43 bits per heavy atom. The number of amides is 1. The van der Waals surface area contributed by atoms with Gasteiger partial charge in [-0.05, 0) is 51.4 Å². The first kappa shape index (κ1) is 17.2. The van der Waals surface area contributed by atoms with Gasteiger partial charge in [-0.3, -0.25) is 4.79 Å². The molecule has 0 bridgehead atoms. The lowest BCUT2D eigenvalue weighted by atomic mass is 9.87. The van der Waals surface area contributed by atoms with Crippen LogP contribution in [0.25, 0.3) is 0 Å². The molecule has 0 aromatic rings. The third-order valence-electron chi connectivity index (χ3n) is 5.96. The lowest BCUT2D eigenvalue weighted by Gasteiger charge is -2.38. The molecule has 2 N–H and O–H groups in total. The molecule has 0 saturated heterocycles. The summed E-state index contributed by atoms with van der Waals surface area (Å²) in [7, 11) is 0. The zero-order chi connectivity index (χ0) is 16.1. The lowest BCUT2D eigenvalue weighted by Crippen LogP contribution is -2.51. The molecule has 3 saturated carbocycles. The highest BCUT2D eigenvalue weighted by Gasteiger charge is 2.32. The van der Waals surface area contributed by atoms with Crippen LogP contribution in [0.15, 0.2) is 0 Å². The molecular weight excluding hydrogens is 288 g/mol. The molecule has 2 atom stereocenters. The Kier molecular flexibility index (Phi) is 6.35. The summed E-state index contributed by atoms with van der Waals surface area (Å²) < 4.78 is 6.46. The zero-order valence-corrected chi connectivity index (χ0v) is 14.7. The summed E-state index contributed by atoms with van der Waals surface area (Å²) in [6.45, 7) is 1.62. The maximum absolute atomic E-state index is 11.2. The van der Waals surface area contributed by atoms with E-state index in [1.807, 2.05) is 0 Å². The van der Waals surface area contributed by atoms with E-state index in [2.05, 4.69) is 10.6 Å². The Bertz CT molecular complexity index is 374. The second-order valence-corrected chi connectivity index (χ2v) is 7.89. The predicted molar refractivity (Wildman–Crippen MR) is 92.4 cm³/mol. The third kappa shape index (κ3) is 5.18. The van der Waals surface area contributed by atoms with Crippen LogP contribution in [0.2, 0.25) is 0 Å². The van der Waals surface area contributed by atoms with Crippen molar-refractivity contribution in [2.24, 2.45) is 0 Å². The van der Waals surface area contributed by atoms with E-state index in [4.69, 9.17) is 4.74 Å². The van der Waals surface area contributed by atoms with E-state index in [1.54, 1.807) is 6.92 Å². The minimum absolute atomic E-state index is 0.110. The first-order chi connectivity index (χ1) is 11.2. The maximum Gasteiger partial charge on any atom is 0.217 e. The highest BCUT2D eigenvalue weighted by atomic mass is 16.5. The molecule has 0 radical (unpaired) electrons. The van der Waals surface area contributed by atoms with Crippen molar-refractivity contribution in [1.29, 1.82) is 0 Å². The van der Waals surface area contributed by atoms with E-state index >= 15 is 0 Å². The van der Waals surface area contributed by atoms with Crippen LogP contribution in [0.4, 0.5) is 0 Å². The summed E-state index contributed by atoms with van der Waals surface area (Å²) in [5, 5.41) is 6.99. The number of nitrogens with one attached hydrogen (secondary N) is 2. The average Bonchev–Trinajstić information content (AvgIpc) is 3.04. The standard InChI is InChI=1S/C19H34N2O2/c1-14(22)20-15-10-12-16(13-11-15)21-18-8-4-5-9-19(18)23-17-6-2-3-7-17/h15-19,21H,2-13H2,1H3,(H,20,22)/t15?,16?,18-,19+/m1/s1. The summed E-state index contributed by atoms with van der Waals surface area (Å²) in [4.78, 5) is 11.2. The molecular formula is C19H34N2O2. The van der Waals surface area contributed by atoms with Gasteiger partial charge in [0.05, 0.1) is 12.2 Å². The van der Waals surface area contributed by atoms with Gasteiger partial charge in [-0.2, -0.15) is 0 Å².